The third kappa shape index (κ3) is 4.45. The molecular formula is C20H24N4O4S. The number of Topliss-reactive ketones (excluding diaryl/α,β-unsaturated/α-hetero) is 1. The van der Waals surface area contributed by atoms with Crippen LogP contribution in [0.5, 0.6) is 0 Å². The molecule has 3 aromatic rings. The van der Waals surface area contributed by atoms with Gasteiger partial charge in [0.15, 0.2) is 22.5 Å². The van der Waals surface area contributed by atoms with Crippen LogP contribution >= 0.6 is 11.8 Å². The van der Waals surface area contributed by atoms with Crippen molar-refractivity contribution in [3.8, 4) is 11.6 Å². The van der Waals surface area contributed by atoms with Crippen molar-refractivity contribution in [1.82, 2.24) is 19.3 Å². The lowest BCUT2D eigenvalue weighted by atomic mass is 10.2. The first-order valence-electron chi connectivity index (χ1n) is 9.32. The molecule has 29 heavy (non-hydrogen) atoms. The maximum Gasteiger partial charge on any atom is 0.307 e. The van der Waals surface area contributed by atoms with Gasteiger partial charge in [0.25, 0.3) is 0 Å². The van der Waals surface area contributed by atoms with Gasteiger partial charge in [-0.25, -0.2) is 0 Å². The molecule has 0 radical (unpaired) electrons. The van der Waals surface area contributed by atoms with Crippen LogP contribution in [0.25, 0.3) is 11.6 Å². The van der Waals surface area contributed by atoms with Crippen molar-refractivity contribution in [3.63, 3.8) is 0 Å². The molecule has 0 N–H and O–H groups in total. The molecule has 3 aromatic heterocycles. The van der Waals surface area contributed by atoms with Crippen LogP contribution in [0.3, 0.4) is 0 Å². The highest BCUT2D eigenvalue weighted by Crippen LogP contribution is 2.26. The Labute approximate surface area is 173 Å². The average Bonchev–Trinajstić information content (AvgIpc) is 3.43. The van der Waals surface area contributed by atoms with Gasteiger partial charge in [-0.15, -0.1) is 10.2 Å². The number of methoxy groups -OCH3 is 1. The Kier molecular flexibility index (Phi) is 6.58. The summed E-state index contributed by atoms with van der Waals surface area (Å²) in [6, 6.07) is 5.50. The second-order valence-corrected chi connectivity index (χ2v) is 7.44. The van der Waals surface area contributed by atoms with E-state index < -0.39 is 0 Å². The number of ketones is 1. The number of hydrogen-bond donors (Lipinski definition) is 0. The number of ether oxygens (including phenoxy) is 1. The molecule has 3 heterocycles. The molecule has 0 aliphatic rings. The highest BCUT2D eigenvalue weighted by Gasteiger charge is 2.19. The van der Waals surface area contributed by atoms with Gasteiger partial charge in [-0.1, -0.05) is 11.8 Å². The smallest absolute Gasteiger partial charge is 0.307 e. The summed E-state index contributed by atoms with van der Waals surface area (Å²) in [5.41, 5.74) is 2.45. The number of thioether (sulfide) groups is 1. The maximum absolute atomic E-state index is 12.8. The highest BCUT2D eigenvalue weighted by atomic mass is 32.2. The van der Waals surface area contributed by atoms with Crippen molar-refractivity contribution in [1.29, 1.82) is 0 Å². The fraction of sp³-hybridized carbons (Fsp3) is 0.400. The molecule has 0 saturated carbocycles. The lowest BCUT2D eigenvalue weighted by molar-refractivity contribution is -0.140. The van der Waals surface area contributed by atoms with Gasteiger partial charge in [0.1, 0.15) is 0 Å². The van der Waals surface area contributed by atoms with E-state index in [1.807, 2.05) is 42.0 Å². The van der Waals surface area contributed by atoms with E-state index in [9.17, 15) is 9.59 Å². The van der Waals surface area contributed by atoms with E-state index >= 15 is 0 Å². The Morgan fingerprint density at radius 2 is 2.03 bits per heavy atom. The normalized spacial score (nSPS) is 11.0. The number of carbonyl (C=O) groups is 2. The van der Waals surface area contributed by atoms with Crippen LogP contribution in [0.1, 0.15) is 35.1 Å². The minimum atomic E-state index is -0.271. The number of aromatic nitrogens is 4. The second-order valence-electron chi connectivity index (χ2n) is 6.50. The number of nitrogens with zero attached hydrogens (tertiary/aromatic N) is 4. The zero-order chi connectivity index (χ0) is 21.0. The van der Waals surface area contributed by atoms with Crippen molar-refractivity contribution in [2.45, 2.75) is 45.4 Å². The lowest BCUT2D eigenvalue weighted by Crippen LogP contribution is -2.11. The second kappa shape index (κ2) is 9.13. The number of carbonyl (C=O) groups excluding carboxylic acids is 2. The Morgan fingerprint density at radius 3 is 2.69 bits per heavy atom. The Bertz CT molecular complexity index is 1000. The van der Waals surface area contributed by atoms with E-state index in [4.69, 9.17) is 9.15 Å². The van der Waals surface area contributed by atoms with Crippen LogP contribution in [0.15, 0.2) is 34.0 Å². The van der Waals surface area contributed by atoms with Crippen LogP contribution in [0.2, 0.25) is 0 Å². The Hall–Kier alpha value is -2.81. The van der Waals surface area contributed by atoms with Gasteiger partial charge >= 0.3 is 5.97 Å². The number of furan rings is 1. The summed E-state index contributed by atoms with van der Waals surface area (Å²) in [5, 5.41) is 9.10. The summed E-state index contributed by atoms with van der Waals surface area (Å²) in [6.07, 6.45) is 1.86. The molecule has 3 rings (SSSR count). The zero-order valence-corrected chi connectivity index (χ0v) is 17.8. The summed E-state index contributed by atoms with van der Waals surface area (Å²) in [4.78, 5) is 24.3. The van der Waals surface area contributed by atoms with Gasteiger partial charge in [-0.2, -0.15) is 0 Å². The predicted octanol–water partition coefficient (Wildman–Crippen LogP) is 3.51. The van der Waals surface area contributed by atoms with E-state index in [1.54, 1.807) is 12.3 Å². The standard InChI is InChI=1S/C20H24N4O4S/c1-5-23-19(17-7-6-10-28-17)21-22-20(23)29-12-16(25)15-11-13(2)24(14(15)3)9-8-18(26)27-4/h6-7,10-11H,5,8-9,12H2,1-4H3. The molecule has 0 aromatic carbocycles. The fourth-order valence-electron chi connectivity index (χ4n) is 3.21. The molecule has 0 atom stereocenters. The molecule has 8 nitrogen and oxygen atoms in total. The first-order chi connectivity index (χ1) is 14.0. The average molecular weight is 417 g/mol. The van der Waals surface area contributed by atoms with Gasteiger partial charge in [0.05, 0.1) is 25.5 Å². The van der Waals surface area contributed by atoms with Gasteiger partial charge in [-0.3, -0.25) is 14.2 Å². The maximum atomic E-state index is 12.8. The van der Waals surface area contributed by atoms with Crippen molar-refractivity contribution in [3.05, 3.63) is 41.4 Å². The summed E-state index contributed by atoms with van der Waals surface area (Å²) < 4.78 is 14.0. The highest BCUT2D eigenvalue weighted by molar-refractivity contribution is 7.99. The van der Waals surface area contributed by atoms with E-state index in [1.165, 1.54) is 18.9 Å². The number of aryl methyl sites for hydroxylation is 1. The van der Waals surface area contributed by atoms with Crippen molar-refractivity contribution in [2.75, 3.05) is 12.9 Å². The van der Waals surface area contributed by atoms with Crippen molar-refractivity contribution >= 4 is 23.5 Å². The van der Waals surface area contributed by atoms with E-state index in [0.29, 0.717) is 35.4 Å². The molecule has 0 amide bonds. The number of esters is 1. The van der Waals surface area contributed by atoms with Crippen LogP contribution in [-0.2, 0) is 22.6 Å². The summed E-state index contributed by atoms with van der Waals surface area (Å²) in [7, 11) is 1.37. The van der Waals surface area contributed by atoms with Crippen LogP contribution in [0, 0.1) is 13.8 Å². The lowest BCUT2D eigenvalue weighted by Gasteiger charge is -2.09. The number of rotatable bonds is 9. The van der Waals surface area contributed by atoms with Crippen LogP contribution in [-0.4, -0.2) is 43.9 Å². The Morgan fingerprint density at radius 1 is 1.24 bits per heavy atom. The number of hydrogen-bond acceptors (Lipinski definition) is 7. The minimum absolute atomic E-state index is 0.0117. The quantitative estimate of drug-likeness (QED) is 0.299. The van der Waals surface area contributed by atoms with Crippen LogP contribution < -0.4 is 0 Å². The van der Waals surface area contributed by atoms with Gasteiger partial charge < -0.3 is 13.7 Å². The van der Waals surface area contributed by atoms with Gasteiger partial charge in [-0.05, 0) is 39.0 Å². The topological polar surface area (TPSA) is 92.2 Å². The van der Waals surface area contributed by atoms with E-state index in [2.05, 4.69) is 10.2 Å². The van der Waals surface area contributed by atoms with E-state index in [0.717, 1.165) is 11.4 Å². The molecule has 0 aliphatic heterocycles. The molecule has 0 saturated heterocycles. The largest absolute Gasteiger partial charge is 0.469 e. The molecule has 0 bridgehead atoms. The molecular weight excluding hydrogens is 392 g/mol. The van der Waals surface area contributed by atoms with Gasteiger partial charge in [0, 0.05) is 30.0 Å². The third-order valence-electron chi connectivity index (χ3n) is 4.75. The monoisotopic (exact) mass is 416 g/mol. The third-order valence-corrected chi connectivity index (χ3v) is 5.72. The van der Waals surface area contributed by atoms with Gasteiger partial charge in [0.2, 0.25) is 0 Å². The zero-order valence-electron chi connectivity index (χ0n) is 17.0. The molecule has 0 fully saturated rings. The summed E-state index contributed by atoms with van der Waals surface area (Å²) >= 11 is 1.35. The fourth-order valence-corrected chi connectivity index (χ4v) is 4.09. The molecule has 0 aliphatic carbocycles. The minimum Gasteiger partial charge on any atom is -0.469 e. The summed E-state index contributed by atoms with van der Waals surface area (Å²) in [5.74, 6) is 1.28. The van der Waals surface area contributed by atoms with Crippen molar-refractivity contribution < 1.29 is 18.7 Å². The summed E-state index contributed by atoms with van der Waals surface area (Å²) in [6.45, 7) is 6.98. The molecule has 154 valence electrons. The first-order valence-corrected chi connectivity index (χ1v) is 10.3. The van der Waals surface area contributed by atoms with Crippen molar-refractivity contribution in [2.24, 2.45) is 0 Å². The molecule has 9 heteroatoms. The van der Waals surface area contributed by atoms with E-state index in [-0.39, 0.29) is 23.9 Å². The first kappa shape index (κ1) is 20.9. The molecule has 0 spiro atoms. The van der Waals surface area contributed by atoms with Crippen LogP contribution in [0.4, 0.5) is 0 Å². The Balaban J connectivity index is 1.71. The predicted molar refractivity (Wildman–Crippen MR) is 109 cm³/mol. The SMILES string of the molecule is CCn1c(SCC(=O)c2cc(C)n(CCC(=O)OC)c2C)nnc1-c1ccco1. The molecule has 0 unspecified atom stereocenters.